The third-order valence-electron chi connectivity index (χ3n) is 3.45. The highest BCUT2D eigenvalue weighted by Gasteiger charge is 2.20. The van der Waals surface area contributed by atoms with Gasteiger partial charge in [0, 0.05) is 36.3 Å². The van der Waals surface area contributed by atoms with Crippen LogP contribution < -0.4 is 11.1 Å². The summed E-state index contributed by atoms with van der Waals surface area (Å²) in [6.45, 7) is 0.957. The molecule has 0 bridgehead atoms. The monoisotopic (exact) mass is 421 g/mol. The van der Waals surface area contributed by atoms with E-state index in [1.807, 2.05) is 0 Å². The van der Waals surface area contributed by atoms with Crippen molar-refractivity contribution in [1.29, 1.82) is 0 Å². The van der Waals surface area contributed by atoms with Gasteiger partial charge in [0.05, 0.1) is 24.6 Å². The molecule has 1 aliphatic heterocycles. The fourth-order valence-corrected chi connectivity index (χ4v) is 4.39. The van der Waals surface area contributed by atoms with E-state index in [0.29, 0.717) is 43.0 Å². The van der Waals surface area contributed by atoms with Crippen LogP contribution in [0.2, 0.25) is 0 Å². The van der Waals surface area contributed by atoms with Gasteiger partial charge in [0.15, 0.2) is 0 Å². The zero-order valence-corrected chi connectivity index (χ0v) is 17.0. The van der Waals surface area contributed by atoms with Gasteiger partial charge in [-0.25, -0.2) is 0 Å². The molecule has 0 aliphatic carbocycles. The van der Waals surface area contributed by atoms with Crippen LogP contribution in [0, 0.1) is 0 Å². The summed E-state index contributed by atoms with van der Waals surface area (Å²) >= 11 is 5.99. The summed E-state index contributed by atoms with van der Waals surface area (Å²) in [6.07, 6.45) is 3.72. The number of aliphatic imine (C=N–C) groups is 1. The molecule has 2 amide bonds. The van der Waals surface area contributed by atoms with Gasteiger partial charge in [0.1, 0.15) is 6.29 Å². The quantitative estimate of drug-likeness (QED) is 0.201. The lowest BCUT2D eigenvalue weighted by molar-refractivity contribution is -0.123. The van der Waals surface area contributed by atoms with Gasteiger partial charge in [-0.3, -0.25) is 14.6 Å². The van der Waals surface area contributed by atoms with Crippen LogP contribution in [0.5, 0.6) is 0 Å². The molecule has 0 aromatic rings. The highest BCUT2D eigenvalue weighted by Crippen LogP contribution is 2.21. The number of primary amides is 1. The molecule has 7 nitrogen and oxygen atoms in total. The number of ether oxygens (including phenoxy) is 1. The molecular formula is C16H24ClN3O4S2. The lowest BCUT2D eigenvalue weighted by Crippen LogP contribution is -2.37. The Morgan fingerprint density at radius 1 is 1.54 bits per heavy atom. The van der Waals surface area contributed by atoms with Gasteiger partial charge in [0.25, 0.3) is 0 Å². The Bertz CT molecular complexity index is 558. The lowest BCUT2D eigenvalue weighted by atomic mass is 10.0. The summed E-state index contributed by atoms with van der Waals surface area (Å²) in [5.74, 6) is 0.602. The smallest absolute Gasteiger partial charge is 0.246 e. The Morgan fingerprint density at radius 3 is 2.96 bits per heavy atom. The molecule has 0 radical (unpaired) electrons. The molecule has 1 aliphatic rings. The molecule has 10 heteroatoms. The molecule has 26 heavy (non-hydrogen) atoms. The summed E-state index contributed by atoms with van der Waals surface area (Å²) in [4.78, 5) is 38.6. The number of carbonyl (C=O) groups is 3. The Morgan fingerprint density at radius 2 is 2.31 bits per heavy atom. The van der Waals surface area contributed by atoms with Crippen LogP contribution in [0.25, 0.3) is 0 Å². The molecule has 2 atom stereocenters. The first-order valence-electron chi connectivity index (χ1n) is 8.14. The molecule has 0 saturated carbocycles. The molecule has 0 aromatic carbocycles. The predicted molar refractivity (Wildman–Crippen MR) is 108 cm³/mol. The van der Waals surface area contributed by atoms with E-state index in [0.717, 1.165) is 12.0 Å². The summed E-state index contributed by atoms with van der Waals surface area (Å²) < 4.78 is 4.94. The number of nitrogens with zero attached hydrogens (tertiary/aromatic N) is 1. The van der Waals surface area contributed by atoms with Gasteiger partial charge in [-0.2, -0.15) is 0 Å². The molecule has 0 saturated heterocycles. The van der Waals surface area contributed by atoms with Gasteiger partial charge in [-0.05, 0) is 18.9 Å². The van der Waals surface area contributed by atoms with Crippen LogP contribution in [-0.2, 0) is 19.1 Å². The Hall–Kier alpha value is -1.03. The molecule has 0 spiro atoms. The van der Waals surface area contributed by atoms with Crippen LogP contribution in [0.1, 0.15) is 19.3 Å². The molecule has 1 rings (SSSR count). The minimum Gasteiger partial charge on any atom is -0.384 e. The Labute approximate surface area is 166 Å². The second-order valence-electron chi connectivity index (χ2n) is 5.53. The van der Waals surface area contributed by atoms with Crippen molar-refractivity contribution in [1.82, 2.24) is 5.32 Å². The average Bonchev–Trinajstić information content (AvgIpc) is 2.61. The van der Waals surface area contributed by atoms with Crippen molar-refractivity contribution in [3.05, 3.63) is 11.6 Å². The van der Waals surface area contributed by atoms with Crippen molar-refractivity contribution in [3.8, 4) is 0 Å². The van der Waals surface area contributed by atoms with Crippen molar-refractivity contribution in [2.24, 2.45) is 10.7 Å². The number of amides is 2. The Balaban J connectivity index is 2.29. The number of dihydropyridines is 1. The fraction of sp³-hybridized carbons (Fsp3) is 0.625. The largest absolute Gasteiger partial charge is 0.384 e. The van der Waals surface area contributed by atoms with E-state index in [-0.39, 0.29) is 12.3 Å². The van der Waals surface area contributed by atoms with Gasteiger partial charge < -0.3 is 20.6 Å². The van der Waals surface area contributed by atoms with Crippen molar-refractivity contribution in [3.63, 3.8) is 0 Å². The molecule has 1 heterocycles. The average molecular weight is 422 g/mol. The van der Waals surface area contributed by atoms with Crippen molar-refractivity contribution in [2.45, 2.75) is 30.7 Å². The summed E-state index contributed by atoms with van der Waals surface area (Å²) in [5.41, 5.74) is 6.34. The minimum absolute atomic E-state index is 0.185. The summed E-state index contributed by atoms with van der Waals surface area (Å²) in [5, 5.41) is 2.21. The lowest BCUT2D eigenvalue weighted by Gasteiger charge is -2.16. The van der Waals surface area contributed by atoms with E-state index in [1.54, 1.807) is 24.0 Å². The first-order chi connectivity index (χ1) is 12.5. The third kappa shape index (κ3) is 9.07. The number of allylic oxidation sites excluding steroid dienone is 1. The maximum Gasteiger partial charge on any atom is 0.246 e. The molecule has 3 N–H and O–H groups in total. The molecule has 146 valence electrons. The van der Waals surface area contributed by atoms with Crippen molar-refractivity contribution >= 4 is 57.0 Å². The van der Waals surface area contributed by atoms with Crippen LogP contribution in [-0.4, -0.2) is 67.0 Å². The standard InChI is InChI=1S/C16H24ClN3O4S2/c1-24-5-6-25-26-10-12(9-21)20-15(22)4-2-3-11-7-13(16(18)23)14(17)8-19-11/h7,9,12,14H,2-6,8,10H2,1H3,(H2,18,23)(H,20,22). The van der Waals surface area contributed by atoms with Crippen molar-refractivity contribution < 1.29 is 19.1 Å². The second kappa shape index (κ2) is 13.2. The fourth-order valence-electron chi connectivity index (χ4n) is 2.11. The number of nitrogens with one attached hydrogen (secondary N) is 1. The Kier molecular flexibility index (Phi) is 11.7. The van der Waals surface area contributed by atoms with E-state index in [9.17, 15) is 14.4 Å². The highest BCUT2D eigenvalue weighted by molar-refractivity contribution is 8.76. The number of carbonyl (C=O) groups excluding carboxylic acids is 3. The molecule has 0 aromatic heterocycles. The number of rotatable bonds is 13. The highest BCUT2D eigenvalue weighted by atomic mass is 35.5. The van der Waals surface area contributed by atoms with Crippen LogP contribution in [0.4, 0.5) is 0 Å². The van der Waals surface area contributed by atoms with Gasteiger partial charge in [-0.15, -0.1) is 11.6 Å². The van der Waals surface area contributed by atoms with Crippen molar-refractivity contribution in [2.75, 3.05) is 31.8 Å². The van der Waals surface area contributed by atoms with E-state index < -0.39 is 17.3 Å². The van der Waals surface area contributed by atoms with Crippen LogP contribution in [0.3, 0.4) is 0 Å². The first kappa shape index (κ1) is 23.0. The van der Waals surface area contributed by atoms with Gasteiger partial charge >= 0.3 is 0 Å². The van der Waals surface area contributed by atoms with E-state index in [1.165, 1.54) is 10.8 Å². The zero-order chi connectivity index (χ0) is 19.4. The normalized spacial score (nSPS) is 17.8. The summed E-state index contributed by atoms with van der Waals surface area (Å²) in [6, 6.07) is -0.507. The van der Waals surface area contributed by atoms with E-state index in [4.69, 9.17) is 22.1 Å². The maximum absolute atomic E-state index is 12.0. The number of halogens is 1. The number of alkyl halides is 1. The number of aldehydes is 1. The second-order valence-corrected chi connectivity index (χ2v) is 8.68. The first-order valence-corrected chi connectivity index (χ1v) is 11.1. The van der Waals surface area contributed by atoms with Gasteiger partial charge in [-0.1, -0.05) is 21.6 Å². The molecular weight excluding hydrogens is 398 g/mol. The maximum atomic E-state index is 12.0. The van der Waals surface area contributed by atoms with Crippen LogP contribution in [0.15, 0.2) is 16.6 Å². The number of hydrogen-bond donors (Lipinski definition) is 2. The number of nitrogens with two attached hydrogens (primary N) is 1. The third-order valence-corrected chi connectivity index (χ3v) is 6.22. The SMILES string of the molecule is COCCSSCC(C=O)NC(=O)CCCC1=NCC(Cl)C(C(N)=O)=C1. The molecule has 2 unspecified atom stereocenters. The number of methoxy groups -OCH3 is 1. The predicted octanol–water partition coefficient (Wildman–Crippen LogP) is 1.34. The zero-order valence-electron chi connectivity index (χ0n) is 14.6. The van der Waals surface area contributed by atoms with E-state index >= 15 is 0 Å². The van der Waals surface area contributed by atoms with E-state index in [2.05, 4.69) is 10.3 Å². The van der Waals surface area contributed by atoms with Crippen LogP contribution >= 0.6 is 33.2 Å². The topological polar surface area (TPSA) is 111 Å². The summed E-state index contributed by atoms with van der Waals surface area (Å²) in [7, 11) is 4.76. The van der Waals surface area contributed by atoms with Gasteiger partial charge in [0.2, 0.25) is 11.8 Å². The number of hydrogen-bond acceptors (Lipinski definition) is 7. The minimum atomic E-state index is -0.551. The molecule has 0 fully saturated rings.